The maximum Gasteiger partial charge on any atom is 0.0931 e. The minimum Gasteiger partial charge on any atom is -0.326 e. The van der Waals surface area contributed by atoms with Crippen LogP contribution in [0, 0.1) is 0 Å². The molecule has 1 aliphatic rings. The summed E-state index contributed by atoms with van der Waals surface area (Å²) in [6.07, 6.45) is 5.25. The molecular formula is C14H23ClN2S. The van der Waals surface area contributed by atoms with Crippen molar-refractivity contribution in [2.75, 3.05) is 6.54 Å². The molecule has 0 aromatic carbocycles. The Kier molecular flexibility index (Phi) is 5.07. The second-order valence-electron chi connectivity index (χ2n) is 5.38. The molecule has 3 atom stereocenters. The van der Waals surface area contributed by atoms with Gasteiger partial charge in [0.2, 0.25) is 0 Å². The predicted molar refractivity (Wildman–Crippen MR) is 80.4 cm³/mol. The molecular weight excluding hydrogens is 264 g/mol. The van der Waals surface area contributed by atoms with Gasteiger partial charge in [0, 0.05) is 17.0 Å². The van der Waals surface area contributed by atoms with Crippen molar-refractivity contribution in [1.82, 2.24) is 4.90 Å². The third-order valence-corrected chi connectivity index (χ3v) is 5.15. The first-order valence-electron chi connectivity index (χ1n) is 6.86. The Morgan fingerprint density at radius 3 is 2.78 bits per heavy atom. The van der Waals surface area contributed by atoms with Crippen LogP contribution in [0.3, 0.4) is 0 Å². The lowest BCUT2D eigenvalue weighted by Crippen LogP contribution is -2.43. The highest BCUT2D eigenvalue weighted by Gasteiger charge is 2.29. The molecule has 0 aliphatic carbocycles. The van der Waals surface area contributed by atoms with E-state index in [9.17, 15) is 0 Å². The quantitative estimate of drug-likeness (QED) is 0.908. The van der Waals surface area contributed by atoms with Gasteiger partial charge in [0.1, 0.15) is 0 Å². The van der Waals surface area contributed by atoms with Crippen molar-refractivity contribution < 1.29 is 0 Å². The number of nitrogens with zero attached hydrogens (tertiary/aromatic N) is 1. The van der Waals surface area contributed by atoms with E-state index in [4.69, 9.17) is 17.3 Å². The van der Waals surface area contributed by atoms with E-state index in [0.717, 1.165) is 10.9 Å². The van der Waals surface area contributed by atoms with Crippen LogP contribution < -0.4 is 5.73 Å². The van der Waals surface area contributed by atoms with Crippen molar-refractivity contribution in [2.24, 2.45) is 5.73 Å². The lowest BCUT2D eigenvalue weighted by Gasteiger charge is -2.37. The Morgan fingerprint density at radius 1 is 1.39 bits per heavy atom. The molecule has 2 N–H and O–H groups in total. The standard InChI is InChI=1S/C14H23ClN2S/c1-10-6-4-3-5-9-17(10)14(11(2)16)12-7-8-13(15)18-12/h7-8,10-11,14H,3-6,9,16H2,1-2H3. The molecule has 1 saturated heterocycles. The first-order chi connectivity index (χ1) is 8.59. The molecule has 3 unspecified atom stereocenters. The van der Waals surface area contributed by atoms with Crippen LogP contribution in [0.5, 0.6) is 0 Å². The van der Waals surface area contributed by atoms with E-state index < -0.39 is 0 Å². The van der Waals surface area contributed by atoms with Crippen molar-refractivity contribution in [3.8, 4) is 0 Å². The zero-order chi connectivity index (χ0) is 13.1. The third kappa shape index (κ3) is 3.27. The molecule has 1 aromatic heterocycles. The van der Waals surface area contributed by atoms with Gasteiger partial charge in [-0.15, -0.1) is 11.3 Å². The summed E-state index contributed by atoms with van der Waals surface area (Å²) in [6, 6.07) is 5.19. The maximum absolute atomic E-state index is 6.24. The number of hydrogen-bond donors (Lipinski definition) is 1. The molecule has 0 radical (unpaired) electrons. The van der Waals surface area contributed by atoms with Gasteiger partial charge in [-0.05, 0) is 45.4 Å². The SMILES string of the molecule is CC(N)C(c1ccc(Cl)s1)N1CCCCCC1C. The van der Waals surface area contributed by atoms with E-state index >= 15 is 0 Å². The van der Waals surface area contributed by atoms with Crippen molar-refractivity contribution in [3.63, 3.8) is 0 Å². The minimum absolute atomic E-state index is 0.139. The summed E-state index contributed by atoms with van der Waals surface area (Å²) >= 11 is 7.75. The molecule has 2 nitrogen and oxygen atoms in total. The van der Waals surface area contributed by atoms with Crippen molar-refractivity contribution in [2.45, 2.75) is 57.7 Å². The van der Waals surface area contributed by atoms with E-state index in [1.54, 1.807) is 11.3 Å². The average Bonchev–Trinajstić information content (AvgIpc) is 2.61. The van der Waals surface area contributed by atoms with Crippen LogP contribution in [0.1, 0.15) is 50.4 Å². The van der Waals surface area contributed by atoms with E-state index in [1.165, 1.54) is 30.6 Å². The normalized spacial score (nSPS) is 25.7. The summed E-state index contributed by atoms with van der Waals surface area (Å²) in [4.78, 5) is 3.89. The molecule has 0 amide bonds. The lowest BCUT2D eigenvalue weighted by molar-refractivity contribution is 0.132. The molecule has 2 rings (SSSR count). The highest BCUT2D eigenvalue weighted by molar-refractivity contribution is 7.16. The minimum atomic E-state index is 0.139. The first kappa shape index (κ1) is 14.3. The molecule has 2 heterocycles. The van der Waals surface area contributed by atoms with Crippen molar-refractivity contribution >= 4 is 22.9 Å². The van der Waals surface area contributed by atoms with Gasteiger partial charge in [0.05, 0.1) is 10.4 Å². The van der Waals surface area contributed by atoms with E-state index in [1.807, 2.05) is 6.07 Å². The van der Waals surface area contributed by atoms with Crippen LogP contribution in [-0.2, 0) is 0 Å². The van der Waals surface area contributed by atoms with Crippen LogP contribution in [0.2, 0.25) is 4.34 Å². The third-order valence-electron chi connectivity index (χ3n) is 3.85. The summed E-state index contributed by atoms with van der Waals surface area (Å²) in [5.74, 6) is 0. The van der Waals surface area contributed by atoms with Crippen molar-refractivity contribution in [3.05, 3.63) is 21.3 Å². The smallest absolute Gasteiger partial charge is 0.0931 e. The molecule has 18 heavy (non-hydrogen) atoms. The second-order valence-corrected chi connectivity index (χ2v) is 7.13. The fraction of sp³-hybridized carbons (Fsp3) is 0.714. The molecule has 1 fully saturated rings. The first-order valence-corrected chi connectivity index (χ1v) is 8.05. The summed E-state index contributed by atoms with van der Waals surface area (Å²) in [5, 5.41) is 0. The van der Waals surface area contributed by atoms with E-state index in [2.05, 4.69) is 24.8 Å². The fourth-order valence-corrected chi connectivity index (χ4v) is 4.22. The molecule has 1 aliphatic heterocycles. The maximum atomic E-state index is 6.24. The number of thiophene rings is 1. The summed E-state index contributed by atoms with van der Waals surface area (Å²) in [6.45, 7) is 5.59. The lowest BCUT2D eigenvalue weighted by atomic mass is 10.0. The second kappa shape index (κ2) is 6.38. The van der Waals surface area contributed by atoms with Crippen LogP contribution in [0.15, 0.2) is 12.1 Å². The van der Waals surface area contributed by atoms with Gasteiger partial charge >= 0.3 is 0 Å². The molecule has 4 heteroatoms. The predicted octanol–water partition coefficient (Wildman–Crippen LogP) is 4.05. The number of hydrogen-bond acceptors (Lipinski definition) is 3. The van der Waals surface area contributed by atoms with Crippen LogP contribution >= 0.6 is 22.9 Å². The van der Waals surface area contributed by atoms with Gasteiger partial charge in [-0.3, -0.25) is 4.90 Å². The molecule has 0 spiro atoms. The summed E-state index contributed by atoms with van der Waals surface area (Å²) in [5.41, 5.74) is 6.24. The molecule has 0 saturated carbocycles. The highest BCUT2D eigenvalue weighted by atomic mass is 35.5. The monoisotopic (exact) mass is 286 g/mol. The van der Waals surface area contributed by atoms with E-state index in [0.29, 0.717) is 12.1 Å². The number of nitrogens with two attached hydrogens (primary N) is 1. The fourth-order valence-electron chi connectivity index (χ4n) is 2.92. The summed E-state index contributed by atoms with van der Waals surface area (Å²) < 4.78 is 0.859. The number of rotatable bonds is 3. The van der Waals surface area contributed by atoms with E-state index in [-0.39, 0.29) is 6.04 Å². The Bertz CT molecular complexity index is 378. The van der Waals surface area contributed by atoms with Gasteiger partial charge < -0.3 is 5.73 Å². The zero-order valence-corrected chi connectivity index (χ0v) is 12.8. The zero-order valence-electron chi connectivity index (χ0n) is 11.2. The molecule has 102 valence electrons. The number of halogens is 1. The van der Waals surface area contributed by atoms with Crippen molar-refractivity contribution in [1.29, 1.82) is 0 Å². The van der Waals surface area contributed by atoms with Crippen LogP contribution in [-0.4, -0.2) is 23.5 Å². The van der Waals surface area contributed by atoms with Crippen LogP contribution in [0.4, 0.5) is 0 Å². The summed E-state index contributed by atoms with van der Waals surface area (Å²) in [7, 11) is 0. The van der Waals surface area contributed by atoms with Gasteiger partial charge in [0.25, 0.3) is 0 Å². The molecule has 0 bridgehead atoms. The Hall–Kier alpha value is -0.0900. The Labute approximate surface area is 119 Å². The van der Waals surface area contributed by atoms with Gasteiger partial charge in [-0.25, -0.2) is 0 Å². The van der Waals surface area contributed by atoms with Crippen LogP contribution in [0.25, 0.3) is 0 Å². The Morgan fingerprint density at radius 2 is 2.17 bits per heavy atom. The highest BCUT2D eigenvalue weighted by Crippen LogP contribution is 2.35. The largest absolute Gasteiger partial charge is 0.326 e. The topological polar surface area (TPSA) is 29.3 Å². The van der Waals surface area contributed by atoms with Gasteiger partial charge in [-0.2, -0.15) is 0 Å². The van der Waals surface area contributed by atoms with Gasteiger partial charge in [0.15, 0.2) is 0 Å². The number of likely N-dealkylation sites (tertiary alicyclic amines) is 1. The van der Waals surface area contributed by atoms with Gasteiger partial charge in [-0.1, -0.05) is 24.4 Å². The Balaban J connectivity index is 2.23. The average molecular weight is 287 g/mol. The molecule has 1 aromatic rings.